The molecule has 0 saturated carbocycles. The third-order valence-electron chi connectivity index (χ3n) is 3.05. The second-order valence-electron chi connectivity index (χ2n) is 4.69. The summed E-state index contributed by atoms with van der Waals surface area (Å²) >= 11 is 18.5. The largest absolute Gasteiger partial charge is 0.349 e. The number of carbonyl (C=O) groups is 1. The summed E-state index contributed by atoms with van der Waals surface area (Å²) in [5, 5.41) is 4.05. The first kappa shape index (κ1) is 16.5. The van der Waals surface area contributed by atoms with E-state index in [1.807, 2.05) is 19.9 Å². The van der Waals surface area contributed by atoms with Crippen molar-refractivity contribution in [1.82, 2.24) is 10.3 Å². The van der Waals surface area contributed by atoms with Crippen molar-refractivity contribution in [2.45, 2.75) is 26.3 Å². The summed E-state index contributed by atoms with van der Waals surface area (Å²) in [6.07, 6.45) is 0.305. The van der Waals surface area contributed by atoms with Crippen LogP contribution in [0, 0.1) is 10.9 Å². The van der Waals surface area contributed by atoms with Crippen LogP contribution in [0.5, 0.6) is 0 Å². The number of carbonyl (C=O) groups excluding carboxylic acids is 1. The van der Waals surface area contributed by atoms with Gasteiger partial charge in [-0.3, -0.25) is 4.79 Å². The Labute approximate surface area is 142 Å². The fourth-order valence-electron chi connectivity index (χ4n) is 1.97. The van der Waals surface area contributed by atoms with Crippen LogP contribution >= 0.6 is 46.8 Å². The van der Waals surface area contributed by atoms with E-state index in [0.717, 1.165) is 16.1 Å². The average Bonchev–Trinajstić information content (AvgIpc) is 2.67. The number of aromatic nitrogens is 1. The molecule has 0 saturated heterocycles. The Balaban J connectivity index is 2.05. The number of hydrogen-bond donors (Lipinski definition) is 2. The zero-order valence-electron chi connectivity index (χ0n) is 11.5. The Hall–Kier alpha value is -0.880. The highest BCUT2D eigenvalue weighted by Gasteiger charge is 2.15. The Bertz CT molecular complexity index is 724. The van der Waals surface area contributed by atoms with Gasteiger partial charge in [0, 0.05) is 20.6 Å². The fraction of sp³-hybridized carbons (Fsp3) is 0.286. The number of nitrogens with one attached hydrogen (secondary N) is 2. The molecule has 3 nitrogen and oxygen atoms in total. The molecule has 0 aliphatic rings. The average molecular weight is 361 g/mol. The van der Waals surface area contributed by atoms with Gasteiger partial charge in [0.15, 0.2) is 3.95 Å². The highest BCUT2D eigenvalue weighted by Crippen LogP contribution is 2.26. The molecule has 1 aromatic heterocycles. The van der Waals surface area contributed by atoms with Gasteiger partial charge in [0.1, 0.15) is 0 Å². The monoisotopic (exact) mass is 360 g/mol. The van der Waals surface area contributed by atoms with Gasteiger partial charge in [-0.25, -0.2) is 0 Å². The van der Waals surface area contributed by atoms with Crippen molar-refractivity contribution in [1.29, 1.82) is 0 Å². The number of hydrogen-bond acceptors (Lipinski definition) is 3. The third kappa shape index (κ3) is 4.30. The molecule has 2 aromatic rings. The molecular formula is C14H14Cl2N2OS2. The van der Waals surface area contributed by atoms with E-state index in [9.17, 15) is 4.79 Å². The van der Waals surface area contributed by atoms with E-state index in [1.54, 1.807) is 12.1 Å². The van der Waals surface area contributed by atoms with Crippen LogP contribution < -0.4 is 5.32 Å². The second-order valence-corrected chi connectivity index (χ2v) is 7.31. The van der Waals surface area contributed by atoms with Gasteiger partial charge in [-0.05, 0) is 43.8 Å². The van der Waals surface area contributed by atoms with E-state index < -0.39 is 0 Å². The van der Waals surface area contributed by atoms with Crippen molar-refractivity contribution in [2.24, 2.45) is 0 Å². The minimum Gasteiger partial charge on any atom is -0.349 e. The summed E-state index contributed by atoms with van der Waals surface area (Å²) in [7, 11) is 0. The first-order valence-corrected chi connectivity index (χ1v) is 8.27. The second kappa shape index (κ2) is 6.92. The number of halogens is 2. The van der Waals surface area contributed by atoms with E-state index in [1.165, 1.54) is 11.3 Å². The smallest absolute Gasteiger partial charge is 0.225 e. The van der Waals surface area contributed by atoms with Crippen LogP contribution in [-0.2, 0) is 11.2 Å². The first-order chi connectivity index (χ1) is 9.86. The number of thiazole rings is 1. The zero-order chi connectivity index (χ0) is 15.6. The predicted molar refractivity (Wildman–Crippen MR) is 91.0 cm³/mol. The van der Waals surface area contributed by atoms with Crippen molar-refractivity contribution in [2.75, 3.05) is 0 Å². The highest BCUT2D eigenvalue weighted by molar-refractivity contribution is 7.73. The van der Waals surface area contributed by atoms with Crippen molar-refractivity contribution in [3.8, 4) is 0 Å². The maximum Gasteiger partial charge on any atom is 0.225 e. The van der Waals surface area contributed by atoms with Crippen molar-refractivity contribution in [3.63, 3.8) is 0 Å². The zero-order valence-corrected chi connectivity index (χ0v) is 14.6. The molecular weight excluding hydrogens is 347 g/mol. The van der Waals surface area contributed by atoms with Crippen LogP contribution in [0.15, 0.2) is 18.2 Å². The molecule has 1 amide bonds. The molecule has 0 aliphatic carbocycles. The lowest BCUT2D eigenvalue weighted by molar-refractivity contribution is -0.121. The molecule has 1 heterocycles. The Morgan fingerprint density at radius 3 is 2.76 bits per heavy atom. The minimum absolute atomic E-state index is 0.0677. The number of aryl methyl sites for hydroxylation is 1. The lowest BCUT2D eigenvalue weighted by Gasteiger charge is -2.15. The van der Waals surface area contributed by atoms with E-state index in [2.05, 4.69) is 10.3 Å². The molecule has 2 rings (SSSR count). The predicted octanol–water partition coefficient (Wildman–Crippen LogP) is 4.84. The van der Waals surface area contributed by atoms with E-state index >= 15 is 0 Å². The van der Waals surface area contributed by atoms with Crippen molar-refractivity contribution < 1.29 is 4.79 Å². The topological polar surface area (TPSA) is 44.9 Å². The van der Waals surface area contributed by atoms with E-state index in [4.69, 9.17) is 35.4 Å². The molecule has 0 spiro atoms. The minimum atomic E-state index is -0.186. The number of H-pyrrole nitrogens is 1. The number of rotatable bonds is 4. The number of benzene rings is 1. The van der Waals surface area contributed by atoms with Crippen LogP contribution in [0.25, 0.3) is 0 Å². The Morgan fingerprint density at radius 2 is 2.19 bits per heavy atom. The normalized spacial score (nSPS) is 12.2. The van der Waals surface area contributed by atoms with E-state index in [0.29, 0.717) is 20.4 Å². The summed E-state index contributed by atoms with van der Waals surface area (Å²) in [5.74, 6) is -0.0677. The molecule has 1 atom stereocenters. The summed E-state index contributed by atoms with van der Waals surface area (Å²) in [6.45, 7) is 3.80. The molecule has 0 aliphatic heterocycles. The summed E-state index contributed by atoms with van der Waals surface area (Å²) in [4.78, 5) is 16.1. The van der Waals surface area contributed by atoms with Crippen LogP contribution in [0.1, 0.15) is 29.1 Å². The lowest BCUT2D eigenvalue weighted by atomic mass is 10.1. The van der Waals surface area contributed by atoms with Crippen molar-refractivity contribution in [3.05, 3.63) is 48.3 Å². The molecule has 21 heavy (non-hydrogen) atoms. The van der Waals surface area contributed by atoms with Gasteiger partial charge in [0.2, 0.25) is 5.91 Å². The molecule has 0 bridgehead atoms. The molecule has 1 unspecified atom stereocenters. The molecule has 112 valence electrons. The Kier molecular flexibility index (Phi) is 5.43. The van der Waals surface area contributed by atoms with Gasteiger partial charge in [0.05, 0.1) is 12.5 Å². The standard InChI is InChI=1S/C14H14Cl2N2OS2/c1-7(10-4-3-9(15)5-11(10)16)17-13(19)6-12-8(2)18-14(20)21-12/h3-5,7H,6H2,1-2H3,(H,17,19)(H,18,20). The SMILES string of the molecule is Cc1[nH]c(=S)sc1CC(=O)NC(C)c1ccc(Cl)cc1Cl. The fourth-order valence-corrected chi connectivity index (χ4v) is 3.84. The summed E-state index contributed by atoms with van der Waals surface area (Å²) < 4.78 is 0.684. The number of aromatic amines is 1. The summed E-state index contributed by atoms with van der Waals surface area (Å²) in [5.41, 5.74) is 1.78. The molecule has 7 heteroatoms. The maximum absolute atomic E-state index is 12.1. The Morgan fingerprint density at radius 1 is 1.48 bits per heavy atom. The number of amides is 1. The van der Waals surface area contributed by atoms with Crippen molar-refractivity contribution >= 4 is 52.7 Å². The molecule has 0 fully saturated rings. The first-order valence-electron chi connectivity index (χ1n) is 6.29. The van der Waals surface area contributed by atoms with Gasteiger partial charge in [-0.1, -0.05) is 29.3 Å². The molecule has 0 radical (unpaired) electrons. The molecule has 1 aromatic carbocycles. The van der Waals surface area contributed by atoms with Crippen LogP contribution in [-0.4, -0.2) is 10.9 Å². The third-order valence-corrected chi connectivity index (χ3v) is 4.95. The van der Waals surface area contributed by atoms with Gasteiger partial charge < -0.3 is 10.3 Å². The van der Waals surface area contributed by atoms with Gasteiger partial charge >= 0.3 is 0 Å². The van der Waals surface area contributed by atoms with Crippen LogP contribution in [0.4, 0.5) is 0 Å². The van der Waals surface area contributed by atoms with Gasteiger partial charge in [-0.2, -0.15) is 0 Å². The van der Waals surface area contributed by atoms with Crippen LogP contribution in [0.2, 0.25) is 10.0 Å². The highest BCUT2D eigenvalue weighted by atomic mass is 35.5. The van der Waals surface area contributed by atoms with E-state index in [-0.39, 0.29) is 11.9 Å². The van der Waals surface area contributed by atoms with Gasteiger partial charge in [-0.15, -0.1) is 11.3 Å². The summed E-state index contributed by atoms with van der Waals surface area (Å²) in [6, 6.07) is 5.06. The lowest BCUT2D eigenvalue weighted by Crippen LogP contribution is -2.28. The maximum atomic E-state index is 12.1. The quantitative estimate of drug-likeness (QED) is 0.766. The van der Waals surface area contributed by atoms with Crippen LogP contribution in [0.3, 0.4) is 0 Å². The van der Waals surface area contributed by atoms with Gasteiger partial charge in [0.25, 0.3) is 0 Å². The molecule has 2 N–H and O–H groups in total.